The molecule has 110 valence electrons. The lowest BCUT2D eigenvalue weighted by Crippen LogP contribution is -2.24. The van der Waals surface area contributed by atoms with E-state index >= 15 is 0 Å². The second-order valence-corrected chi connectivity index (χ2v) is 5.43. The summed E-state index contributed by atoms with van der Waals surface area (Å²) >= 11 is 6.11. The van der Waals surface area contributed by atoms with Crippen LogP contribution in [0.2, 0.25) is 5.02 Å². The summed E-state index contributed by atoms with van der Waals surface area (Å²) in [6.45, 7) is 0. The molecule has 0 saturated heterocycles. The third-order valence-electron chi connectivity index (χ3n) is 3.67. The van der Waals surface area contributed by atoms with Gasteiger partial charge in [-0.15, -0.1) is 0 Å². The van der Waals surface area contributed by atoms with Gasteiger partial charge in [0.05, 0.1) is 12.1 Å². The molecule has 2 unspecified atom stereocenters. The number of fused-ring (bicyclic) bond motifs is 1. The lowest BCUT2D eigenvalue weighted by molar-refractivity contribution is 0.161. The van der Waals surface area contributed by atoms with E-state index in [0.29, 0.717) is 22.9 Å². The van der Waals surface area contributed by atoms with E-state index < -0.39 is 0 Å². The molecule has 2 N–H and O–H groups in total. The molecule has 0 spiro atoms. The van der Waals surface area contributed by atoms with Crippen LogP contribution >= 0.6 is 11.6 Å². The molecule has 0 bridgehead atoms. The third-order valence-corrected chi connectivity index (χ3v) is 3.99. The standard InChI is InChI=1S/C16H15ClFNO2/c1-20-10-3-5-12-14(19)8-16(21-15(12)7-10)11-4-2-9(18)6-13(11)17/h2-7,14,16H,8,19H2,1H3. The first-order valence-electron chi connectivity index (χ1n) is 6.63. The molecule has 0 fully saturated rings. The minimum absolute atomic E-state index is 0.161. The van der Waals surface area contributed by atoms with E-state index in [9.17, 15) is 4.39 Å². The Morgan fingerprint density at radius 3 is 2.71 bits per heavy atom. The SMILES string of the molecule is COc1ccc2c(c1)OC(c1ccc(F)cc1Cl)CC2N. The Kier molecular flexibility index (Phi) is 3.74. The van der Waals surface area contributed by atoms with Crippen LogP contribution in [0.3, 0.4) is 0 Å². The molecule has 2 atom stereocenters. The van der Waals surface area contributed by atoms with E-state index in [0.717, 1.165) is 11.1 Å². The Balaban J connectivity index is 1.96. The van der Waals surface area contributed by atoms with Gasteiger partial charge in [-0.1, -0.05) is 23.7 Å². The van der Waals surface area contributed by atoms with E-state index in [-0.39, 0.29) is 18.0 Å². The van der Waals surface area contributed by atoms with Crippen molar-refractivity contribution in [2.24, 2.45) is 5.73 Å². The van der Waals surface area contributed by atoms with Gasteiger partial charge >= 0.3 is 0 Å². The summed E-state index contributed by atoms with van der Waals surface area (Å²) in [7, 11) is 1.60. The monoisotopic (exact) mass is 307 g/mol. The van der Waals surface area contributed by atoms with Crippen LogP contribution in [-0.2, 0) is 0 Å². The highest BCUT2D eigenvalue weighted by molar-refractivity contribution is 6.31. The van der Waals surface area contributed by atoms with Crippen molar-refractivity contribution in [1.29, 1.82) is 0 Å². The Bertz CT molecular complexity index is 677. The van der Waals surface area contributed by atoms with E-state index in [4.69, 9.17) is 26.8 Å². The molecule has 5 heteroatoms. The number of methoxy groups -OCH3 is 1. The maximum atomic E-state index is 13.2. The van der Waals surface area contributed by atoms with Gasteiger partial charge in [0.1, 0.15) is 23.4 Å². The fourth-order valence-corrected chi connectivity index (χ4v) is 2.85. The lowest BCUT2D eigenvalue weighted by Gasteiger charge is -2.31. The highest BCUT2D eigenvalue weighted by Crippen LogP contribution is 2.42. The average molecular weight is 308 g/mol. The van der Waals surface area contributed by atoms with Crippen LogP contribution in [0.25, 0.3) is 0 Å². The molecule has 3 rings (SSSR count). The number of benzene rings is 2. The summed E-state index contributed by atoms with van der Waals surface area (Å²) in [4.78, 5) is 0. The normalized spacial score (nSPS) is 20.6. The van der Waals surface area contributed by atoms with Gasteiger partial charge in [-0.25, -0.2) is 4.39 Å². The topological polar surface area (TPSA) is 44.5 Å². The van der Waals surface area contributed by atoms with Crippen LogP contribution in [0.1, 0.15) is 29.7 Å². The number of nitrogens with two attached hydrogens (primary N) is 1. The molecule has 0 radical (unpaired) electrons. The number of hydrogen-bond donors (Lipinski definition) is 1. The molecule has 2 aromatic carbocycles. The van der Waals surface area contributed by atoms with Crippen LogP contribution in [0.5, 0.6) is 11.5 Å². The first kappa shape index (κ1) is 14.2. The van der Waals surface area contributed by atoms with Crippen LogP contribution in [0.15, 0.2) is 36.4 Å². The summed E-state index contributed by atoms with van der Waals surface area (Å²) in [5.41, 5.74) is 7.88. The zero-order valence-electron chi connectivity index (χ0n) is 11.5. The molecule has 0 amide bonds. The molecule has 0 aromatic heterocycles. The summed E-state index contributed by atoms with van der Waals surface area (Å²) in [6.07, 6.45) is 0.290. The second-order valence-electron chi connectivity index (χ2n) is 5.02. The molecule has 2 aromatic rings. The van der Waals surface area contributed by atoms with E-state index in [1.54, 1.807) is 19.2 Å². The zero-order chi connectivity index (χ0) is 15.0. The Morgan fingerprint density at radius 2 is 2.00 bits per heavy atom. The van der Waals surface area contributed by atoms with E-state index in [1.807, 2.05) is 12.1 Å². The maximum absolute atomic E-state index is 13.2. The minimum atomic E-state index is -0.370. The van der Waals surface area contributed by atoms with Crippen molar-refractivity contribution < 1.29 is 13.9 Å². The van der Waals surface area contributed by atoms with Crippen molar-refractivity contribution in [2.75, 3.05) is 7.11 Å². The molecular formula is C16H15ClFNO2. The van der Waals surface area contributed by atoms with Crippen molar-refractivity contribution in [1.82, 2.24) is 0 Å². The van der Waals surface area contributed by atoms with Gasteiger partial charge in [-0.2, -0.15) is 0 Å². The molecule has 3 nitrogen and oxygen atoms in total. The molecular weight excluding hydrogens is 293 g/mol. The van der Waals surface area contributed by atoms with Gasteiger partial charge in [0, 0.05) is 29.7 Å². The molecule has 1 aliphatic rings. The van der Waals surface area contributed by atoms with Gasteiger partial charge in [0.2, 0.25) is 0 Å². The van der Waals surface area contributed by atoms with Crippen molar-refractivity contribution in [3.05, 3.63) is 58.4 Å². The largest absolute Gasteiger partial charge is 0.497 e. The fourth-order valence-electron chi connectivity index (χ4n) is 2.56. The summed E-state index contributed by atoms with van der Waals surface area (Å²) in [5, 5.41) is 0.346. The zero-order valence-corrected chi connectivity index (χ0v) is 12.2. The molecule has 0 aliphatic carbocycles. The Hall–Kier alpha value is -1.78. The van der Waals surface area contributed by atoms with Gasteiger partial charge in [-0.05, 0) is 18.2 Å². The van der Waals surface area contributed by atoms with Gasteiger partial charge in [-0.3, -0.25) is 0 Å². The molecule has 1 heterocycles. The van der Waals surface area contributed by atoms with Crippen molar-refractivity contribution in [3.63, 3.8) is 0 Å². The molecule has 0 saturated carbocycles. The highest BCUT2D eigenvalue weighted by Gasteiger charge is 2.28. The van der Waals surface area contributed by atoms with Crippen LogP contribution in [-0.4, -0.2) is 7.11 Å². The van der Waals surface area contributed by atoms with Crippen molar-refractivity contribution in [2.45, 2.75) is 18.6 Å². The first-order chi connectivity index (χ1) is 10.1. The van der Waals surface area contributed by atoms with E-state index in [1.165, 1.54) is 12.1 Å². The predicted octanol–water partition coefficient (Wildman–Crippen LogP) is 4.01. The highest BCUT2D eigenvalue weighted by atomic mass is 35.5. The average Bonchev–Trinajstić information content (AvgIpc) is 2.46. The van der Waals surface area contributed by atoms with Crippen molar-refractivity contribution in [3.8, 4) is 11.5 Å². The van der Waals surface area contributed by atoms with Gasteiger partial charge < -0.3 is 15.2 Å². The minimum Gasteiger partial charge on any atom is -0.497 e. The molecule has 21 heavy (non-hydrogen) atoms. The van der Waals surface area contributed by atoms with Gasteiger partial charge in [0.25, 0.3) is 0 Å². The fraction of sp³-hybridized carbons (Fsp3) is 0.250. The Labute approximate surface area is 127 Å². The van der Waals surface area contributed by atoms with Crippen molar-refractivity contribution >= 4 is 11.6 Å². The van der Waals surface area contributed by atoms with Crippen LogP contribution < -0.4 is 15.2 Å². The summed E-state index contributed by atoms with van der Waals surface area (Å²) in [6, 6.07) is 9.70. The summed E-state index contributed by atoms with van der Waals surface area (Å²) in [5.74, 6) is 1.01. The second kappa shape index (κ2) is 5.54. The first-order valence-corrected chi connectivity index (χ1v) is 7.01. The Morgan fingerprint density at radius 1 is 1.24 bits per heavy atom. The number of ether oxygens (including phenoxy) is 2. The smallest absolute Gasteiger partial charge is 0.128 e. The van der Waals surface area contributed by atoms with Crippen LogP contribution in [0.4, 0.5) is 4.39 Å². The lowest BCUT2D eigenvalue weighted by atomic mass is 9.93. The molecule has 1 aliphatic heterocycles. The quantitative estimate of drug-likeness (QED) is 0.911. The van der Waals surface area contributed by atoms with E-state index in [2.05, 4.69) is 0 Å². The van der Waals surface area contributed by atoms with Gasteiger partial charge in [0.15, 0.2) is 0 Å². The predicted molar refractivity (Wildman–Crippen MR) is 79.3 cm³/mol. The number of halogens is 2. The number of hydrogen-bond acceptors (Lipinski definition) is 3. The third kappa shape index (κ3) is 2.69. The van der Waals surface area contributed by atoms with Crippen LogP contribution in [0, 0.1) is 5.82 Å². The number of rotatable bonds is 2. The maximum Gasteiger partial charge on any atom is 0.128 e. The summed E-state index contributed by atoms with van der Waals surface area (Å²) < 4.78 is 24.3.